The first-order valence-electron chi connectivity index (χ1n) is 5.00. The van der Waals surface area contributed by atoms with Crippen molar-refractivity contribution >= 4 is 17.6 Å². The van der Waals surface area contributed by atoms with Gasteiger partial charge >= 0.3 is 5.97 Å². The summed E-state index contributed by atoms with van der Waals surface area (Å²) in [4.78, 5) is 23.4. The summed E-state index contributed by atoms with van der Waals surface area (Å²) >= 11 is 0. The van der Waals surface area contributed by atoms with Crippen LogP contribution in [0.15, 0.2) is 18.2 Å². The Kier molecular flexibility index (Phi) is 3.06. The number of rotatable bonds is 2. The van der Waals surface area contributed by atoms with Gasteiger partial charge in [-0.25, -0.2) is 9.18 Å². The second-order valence-corrected chi connectivity index (χ2v) is 3.57. The Morgan fingerprint density at radius 1 is 1.47 bits per heavy atom. The zero-order valence-corrected chi connectivity index (χ0v) is 8.85. The van der Waals surface area contributed by atoms with E-state index in [0.717, 1.165) is 6.07 Å². The molecule has 1 fully saturated rings. The summed E-state index contributed by atoms with van der Waals surface area (Å²) < 4.78 is 18.6. The molecule has 1 N–H and O–H groups in total. The molecule has 90 valence electrons. The second-order valence-electron chi connectivity index (χ2n) is 3.57. The fourth-order valence-corrected chi connectivity index (χ4v) is 1.63. The van der Waals surface area contributed by atoms with Gasteiger partial charge in [0.05, 0.1) is 17.9 Å². The van der Waals surface area contributed by atoms with E-state index in [0.29, 0.717) is 6.61 Å². The lowest BCUT2D eigenvalue weighted by atomic mass is 10.1. The van der Waals surface area contributed by atoms with E-state index in [-0.39, 0.29) is 30.3 Å². The molecule has 1 saturated heterocycles. The molecule has 0 saturated carbocycles. The standard InChI is InChI=1S/C11H10FNO4/c12-8-5-7(11(15)16)1-2-9(8)13-3-4-17-6-10(13)14/h1-2,5H,3-4,6H2,(H,15,16). The number of benzene rings is 1. The molecule has 1 heterocycles. The maximum absolute atomic E-state index is 13.7. The fourth-order valence-electron chi connectivity index (χ4n) is 1.63. The smallest absolute Gasteiger partial charge is 0.335 e. The summed E-state index contributed by atoms with van der Waals surface area (Å²) in [7, 11) is 0. The van der Waals surface area contributed by atoms with Crippen molar-refractivity contribution in [1.82, 2.24) is 0 Å². The van der Waals surface area contributed by atoms with Gasteiger partial charge in [-0.05, 0) is 18.2 Å². The Morgan fingerprint density at radius 3 is 2.82 bits per heavy atom. The summed E-state index contributed by atoms with van der Waals surface area (Å²) in [5.41, 5.74) is -0.0599. The van der Waals surface area contributed by atoms with Crippen molar-refractivity contribution in [3.8, 4) is 0 Å². The van der Waals surface area contributed by atoms with E-state index in [2.05, 4.69) is 0 Å². The highest BCUT2D eigenvalue weighted by molar-refractivity contribution is 5.95. The first kappa shape index (κ1) is 11.5. The zero-order chi connectivity index (χ0) is 12.4. The minimum absolute atomic E-state index is 0.0832. The Labute approximate surface area is 96.4 Å². The third kappa shape index (κ3) is 2.26. The summed E-state index contributed by atoms with van der Waals surface area (Å²) in [5, 5.41) is 8.70. The number of hydrogen-bond acceptors (Lipinski definition) is 3. The van der Waals surface area contributed by atoms with E-state index < -0.39 is 11.8 Å². The van der Waals surface area contributed by atoms with Gasteiger partial charge in [0.1, 0.15) is 12.4 Å². The van der Waals surface area contributed by atoms with Gasteiger partial charge < -0.3 is 14.7 Å². The summed E-state index contributed by atoms with van der Waals surface area (Å²) in [6.07, 6.45) is 0. The molecule has 0 aromatic heterocycles. The third-order valence-electron chi connectivity index (χ3n) is 2.47. The van der Waals surface area contributed by atoms with Crippen molar-refractivity contribution in [3.63, 3.8) is 0 Å². The van der Waals surface area contributed by atoms with Crippen LogP contribution in [0.25, 0.3) is 0 Å². The number of hydrogen-bond donors (Lipinski definition) is 1. The fraction of sp³-hybridized carbons (Fsp3) is 0.273. The van der Waals surface area contributed by atoms with Crippen LogP contribution in [0.5, 0.6) is 0 Å². The predicted octanol–water partition coefficient (Wildman–Crippen LogP) is 0.887. The highest BCUT2D eigenvalue weighted by Gasteiger charge is 2.23. The van der Waals surface area contributed by atoms with E-state index in [9.17, 15) is 14.0 Å². The average molecular weight is 239 g/mol. The van der Waals surface area contributed by atoms with Gasteiger partial charge in [0.15, 0.2) is 0 Å². The van der Waals surface area contributed by atoms with Crippen molar-refractivity contribution in [2.75, 3.05) is 24.7 Å². The maximum atomic E-state index is 13.7. The molecule has 17 heavy (non-hydrogen) atoms. The normalized spacial score (nSPS) is 16.1. The topological polar surface area (TPSA) is 66.8 Å². The first-order valence-corrected chi connectivity index (χ1v) is 5.00. The molecule has 0 radical (unpaired) electrons. The summed E-state index contributed by atoms with van der Waals surface area (Å²) in [6.45, 7) is 0.522. The van der Waals surface area contributed by atoms with E-state index in [1.165, 1.54) is 17.0 Å². The predicted molar refractivity (Wildman–Crippen MR) is 56.5 cm³/mol. The Bertz CT molecular complexity index is 475. The van der Waals surface area contributed by atoms with Crippen LogP contribution in [-0.2, 0) is 9.53 Å². The van der Waals surface area contributed by atoms with Gasteiger partial charge in [-0.1, -0.05) is 0 Å². The largest absolute Gasteiger partial charge is 0.478 e. The van der Waals surface area contributed by atoms with Crippen LogP contribution in [0.2, 0.25) is 0 Å². The molecule has 6 heteroatoms. The van der Waals surface area contributed by atoms with Crippen molar-refractivity contribution in [1.29, 1.82) is 0 Å². The molecule has 0 aliphatic carbocycles. The number of carboxylic acids is 1. The van der Waals surface area contributed by atoms with Gasteiger partial charge in [0, 0.05) is 6.54 Å². The number of amides is 1. The van der Waals surface area contributed by atoms with Crippen molar-refractivity contribution < 1.29 is 23.8 Å². The van der Waals surface area contributed by atoms with E-state index in [4.69, 9.17) is 9.84 Å². The van der Waals surface area contributed by atoms with Crippen molar-refractivity contribution in [2.45, 2.75) is 0 Å². The van der Waals surface area contributed by atoms with Crippen molar-refractivity contribution in [3.05, 3.63) is 29.6 Å². The molecule has 1 aromatic carbocycles. The van der Waals surface area contributed by atoms with Crippen LogP contribution < -0.4 is 4.90 Å². The van der Waals surface area contributed by atoms with Crippen LogP contribution in [0.4, 0.5) is 10.1 Å². The average Bonchev–Trinajstić information content (AvgIpc) is 2.30. The molecule has 1 aromatic rings. The van der Waals surface area contributed by atoms with E-state index in [1.807, 2.05) is 0 Å². The minimum Gasteiger partial charge on any atom is -0.478 e. The Balaban J connectivity index is 2.32. The third-order valence-corrected chi connectivity index (χ3v) is 2.47. The monoisotopic (exact) mass is 239 g/mol. The number of ether oxygens (including phenoxy) is 1. The molecular weight excluding hydrogens is 229 g/mol. The van der Waals surface area contributed by atoms with Crippen LogP contribution in [0.3, 0.4) is 0 Å². The van der Waals surface area contributed by atoms with Crippen LogP contribution >= 0.6 is 0 Å². The van der Waals surface area contributed by atoms with Gasteiger partial charge in [-0.15, -0.1) is 0 Å². The highest BCUT2D eigenvalue weighted by atomic mass is 19.1. The number of nitrogens with zero attached hydrogens (tertiary/aromatic N) is 1. The van der Waals surface area contributed by atoms with Crippen molar-refractivity contribution in [2.24, 2.45) is 0 Å². The van der Waals surface area contributed by atoms with E-state index in [1.54, 1.807) is 0 Å². The SMILES string of the molecule is O=C(O)c1ccc(N2CCOCC2=O)c(F)c1. The number of morpholine rings is 1. The number of carbonyl (C=O) groups is 2. The lowest BCUT2D eigenvalue weighted by Crippen LogP contribution is -2.42. The first-order chi connectivity index (χ1) is 8.09. The van der Waals surface area contributed by atoms with Gasteiger partial charge in [0.2, 0.25) is 0 Å². The maximum Gasteiger partial charge on any atom is 0.335 e. The number of anilines is 1. The minimum atomic E-state index is -1.20. The molecule has 5 nitrogen and oxygen atoms in total. The van der Waals surface area contributed by atoms with Crippen LogP contribution in [0.1, 0.15) is 10.4 Å². The number of halogens is 1. The number of aromatic carboxylic acids is 1. The summed E-state index contributed by atoms with van der Waals surface area (Å²) in [6, 6.07) is 3.46. The molecule has 1 aliphatic rings. The number of carboxylic acid groups (broad SMARTS) is 1. The van der Waals surface area contributed by atoms with Crippen LogP contribution in [-0.4, -0.2) is 36.7 Å². The molecule has 0 spiro atoms. The lowest BCUT2D eigenvalue weighted by molar-refractivity contribution is -0.125. The quantitative estimate of drug-likeness (QED) is 0.832. The second kappa shape index (κ2) is 4.50. The van der Waals surface area contributed by atoms with Gasteiger partial charge in [0.25, 0.3) is 5.91 Å². The Hall–Kier alpha value is -1.95. The molecule has 0 unspecified atom stereocenters. The highest BCUT2D eigenvalue weighted by Crippen LogP contribution is 2.22. The van der Waals surface area contributed by atoms with Gasteiger partial charge in [-0.2, -0.15) is 0 Å². The molecular formula is C11H10FNO4. The lowest BCUT2D eigenvalue weighted by Gasteiger charge is -2.27. The van der Waals surface area contributed by atoms with E-state index >= 15 is 0 Å². The molecule has 0 bridgehead atoms. The van der Waals surface area contributed by atoms with Crippen LogP contribution in [0, 0.1) is 5.82 Å². The Morgan fingerprint density at radius 2 is 2.24 bits per heavy atom. The summed E-state index contributed by atoms with van der Waals surface area (Å²) in [5.74, 6) is -2.26. The number of carbonyl (C=O) groups excluding carboxylic acids is 1. The molecule has 1 amide bonds. The molecule has 2 rings (SSSR count). The zero-order valence-electron chi connectivity index (χ0n) is 8.85. The van der Waals surface area contributed by atoms with Gasteiger partial charge in [-0.3, -0.25) is 4.79 Å². The molecule has 1 aliphatic heterocycles. The molecule has 0 atom stereocenters.